The SMILES string of the molecule is COc1ccccc1NC(=O)Cn1c(=O)n(C(C)C)c(=O)c2ccccc21. The van der Waals surface area contributed by atoms with Crippen LogP contribution in [0.15, 0.2) is 58.1 Å². The first-order valence-electron chi connectivity index (χ1n) is 8.61. The Kier molecular flexibility index (Phi) is 5.12. The molecule has 0 bridgehead atoms. The lowest BCUT2D eigenvalue weighted by Crippen LogP contribution is -2.42. The van der Waals surface area contributed by atoms with Crippen LogP contribution in [0, 0.1) is 0 Å². The molecule has 1 amide bonds. The number of methoxy groups -OCH3 is 1. The number of amides is 1. The first-order chi connectivity index (χ1) is 12.9. The van der Waals surface area contributed by atoms with Crippen LogP contribution in [0.4, 0.5) is 5.69 Å². The second-order valence-electron chi connectivity index (χ2n) is 6.40. The Morgan fingerprint density at radius 3 is 2.44 bits per heavy atom. The van der Waals surface area contributed by atoms with E-state index in [0.717, 1.165) is 0 Å². The van der Waals surface area contributed by atoms with E-state index in [4.69, 9.17) is 4.74 Å². The average Bonchev–Trinajstić information content (AvgIpc) is 2.65. The van der Waals surface area contributed by atoms with Crippen LogP contribution in [-0.2, 0) is 11.3 Å². The molecule has 0 aliphatic carbocycles. The molecule has 0 radical (unpaired) electrons. The average molecular weight is 367 g/mol. The van der Waals surface area contributed by atoms with Crippen LogP contribution < -0.4 is 21.3 Å². The predicted molar refractivity (Wildman–Crippen MR) is 104 cm³/mol. The molecule has 7 nitrogen and oxygen atoms in total. The molecule has 0 unspecified atom stereocenters. The molecule has 1 N–H and O–H groups in total. The summed E-state index contributed by atoms with van der Waals surface area (Å²) >= 11 is 0. The van der Waals surface area contributed by atoms with Crippen molar-refractivity contribution >= 4 is 22.5 Å². The third kappa shape index (κ3) is 3.48. The first-order valence-corrected chi connectivity index (χ1v) is 8.61. The fraction of sp³-hybridized carbons (Fsp3) is 0.250. The minimum atomic E-state index is -0.510. The largest absolute Gasteiger partial charge is 0.495 e. The molecule has 7 heteroatoms. The molecule has 0 saturated carbocycles. The van der Waals surface area contributed by atoms with E-state index >= 15 is 0 Å². The van der Waals surface area contributed by atoms with Gasteiger partial charge >= 0.3 is 5.69 Å². The van der Waals surface area contributed by atoms with Gasteiger partial charge in [0.15, 0.2) is 0 Å². The van der Waals surface area contributed by atoms with E-state index in [2.05, 4.69) is 5.32 Å². The van der Waals surface area contributed by atoms with Gasteiger partial charge in [-0.05, 0) is 38.1 Å². The minimum absolute atomic E-state index is 0.218. The highest BCUT2D eigenvalue weighted by Gasteiger charge is 2.17. The second-order valence-corrected chi connectivity index (χ2v) is 6.40. The van der Waals surface area contributed by atoms with Gasteiger partial charge in [-0.25, -0.2) is 4.79 Å². The number of hydrogen-bond acceptors (Lipinski definition) is 4. The zero-order chi connectivity index (χ0) is 19.6. The molecule has 0 fully saturated rings. The number of fused-ring (bicyclic) bond motifs is 1. The normalized spacial score (nSPS) is 11.0. The van der Waals surface area contributed by atoms with E-state index in [9.17, 15) is 14.4 Å². The summed E-state index contributed by atoms with van der Waals surface area (Å²) in [5, 5.41) is 3.15. The van der Waals surface area contributed by atoms with Crippen molar-refractivity contribution in [1.82, 2.24) is 9.13 Å². The van der Waals surface area contributed by atoms with Gasteiger partial charge in [0.25, 0.3) is 5.56 Å². The zero-order valence-electron chi connectivity index (χ0n) is 15.4. The lowest BCUT2D eigenvalue weighted by Gasteiger charge is -2.16. The van der Waals surface area contributed by atoms with Crippen LogP contribution in [0.25, 0.3) is 10.9 Å². The number of nitrogens with one attached hydrogen (secondary N) is 1. The molecular formula is C20H21N3O4. The number of ether oxygens (including phenoxy) is 1. The molecule has 0 spiro atoms. The number of para-hydroxylation sites is 3. The summed E-state index contributed by atoms with van der Waals surface area (Å²) in [7, 11) is 1.52. The standard InChI is InChI=1S/C20H21N3O4/c1-13(2)23-19(25)14-8-4-6-10-16(14)22(20(23)26)12-18(24)21-15-9-5-7-11-17(15)27-3/h4-11,13H,12H2,1-3H3,(H,21,24). The van der Waals surface area contributed by atoms with Crippen LogP contribution in [0.1, 0.15) is 19.9 Å². The molecule has 0 aliphatic heterocycles. The van der Waals surface area contributed by atoms with Crippen molar-refractivity contribution in [2.75, 3.05) is 12.4 Å². The number of aromatic nitrogens is 2. The molecule has 1 heterocycles. The summed E-state index contributed by atoms with van der Waals surface area (Å²) in [6.07, 6.45) is 0. The number of hydrogen-bond donors (Lipinski definition) is 1. The number of carbonyl (C=O) groups is 1. The zero-order valence-corrected chi connectivity index (χ0v) is 15.4. The smallest absolute Gasteiger partial charge is 0.332 e. The number of nitrogens with zero attached hydrogens (tertiary/aromatic N) is 2. The lowest BCUT2D eigenvalue weighted by molar-refractivity contribution is -0.116. The number of rotatable bonds is 5. The number of anilines is 1. The predicted octanol–water partition coefficient (Wildman–Crippen LogP) is 2.39. The molecule has 3 aromatic rings. The van der Waals surface area contributed by atoms with Crippen molar-refractivity contribution in [2.24, 2.45) is 0 Å². The van der Waals surface area contributed by atoms with Gasteiger partial charge in [0.05, 0.1) is 23.7 Å². The van der Waals surface area contributed by atoms with Gasteiger partial charge < -0.3 is 10.1 Å². The molecule has 3 rings (SSSR count). The van der Waals surface area contributed by atoms with E-state index in [1.54, 1.807) is 62.4 Å². The number of benzene rings is 2. The van der Waals surface area contributed by atoms with Gasteiger partial charge in [0.2, 0.25) is 5.91 Å². The quantitative estimate of drug-likeness (QED) is 0.751. The Bertz CT molecular complexity index is 1110. The molecule has 27 heavy (non-hydrogen) atoms. The van der Waals surface area contributed by atoms with Gasteiger partial charge in [-0.1, -0.05) is 24.3 Å². The maximum absolute atomic E-state index is 12.9. The fourth-order valence-electron chi connectivity index (χ4n) is 3.03. The van der Waals surface area contributed by atoms with Crippen molar-refractivity contribution in [1.29, 1.82) is 0 Å². The third-order valence-electron chi connectivity index (χ3n) is 4.28. The number of carbonyl (C=O) groups excluding carboxylic acids is 1. The maximum Gasteiger partial charge on any atom is 0.332 e. The van der Waals surface area contributed by atoms with Gasteiger partial charge in [-0.3, -0.25) is 18.7 Å². The van der Waals surface area contributed by atoms with E-state index in [0.29, 0.717) is 22.3 Å². The Morgan fingerprint density at radius 1 is 1.07 bits per heavy atom. The fourth-order valence-corrected chi connectivity index (χ4v) is 3.03. The van der Waals surface area contributed by atoms with Gasteiger partial charge in [-0.15, -0.1) is 0 Å². The highest BCUT2D eigenvalue weighted by Crippen LogP contribution is 2.23. The highest BCUT2D eigenvalue weighted by molar-refractivity contribution is 5.93. The highest BCUT2D eigenvalue weighted by atomic mass is 16.5. The molecule has 0 atom stereocenters. The second kappa shape index (κ2) is 7.49. The third-order valence-corrected chi connectivity index (χ3v) is 4.28. The van der Waals surface area contributed by atoms with Gasteiger partial charge in [0, 0.05) is 6.04 Å². The first kappa shape index (κ1) is 18.4. The van der Waals surface area contributed by atoms with E-state index in [1.807, 2.05) is 0 Å². The maximum atomic E-state index is 12.9. The van der Waals surface area contributed by atoms with Gasteiger partial charge in [0.1, 0.15) is 12.3 Å². The molecule has 140 valence electrons. The Hall–Kier alpha value is -3.35. The van der Waals surface area contributed by atoms with E-state index < -0.39 is 5.69 Å². The van der Waals surface area contributed by atoms with Crippen molar-refractivity contribution in [3.05, 3.63) is 69.4 Å². The van der Waals surface area contributed by atoms with Crippen molar-refractivity contribution < 1.29 is 9.53 Å². The summed E-state index contributed by atoms with van der Waals surface area (Å²) in [6.45, 7) is 3.30. The Balaban J connectivity index is 2.05. The molecule has 0 saturated heterocycles. The van der Waals surface area contributed by atoms with Crippen molar-refractivity contribution in [3.63, 3.8) is 0 Å². The molecule has 2 aromatic carbocycles. The van der Waals surface area contributed by atoms with E-state index in [1.165, 1.54) is 16.2 Å². The summed E-state index contributed by atoms with van der Waals surface area (Å²) in [5.41, 5.74) is 0.0787. The summed E-state index contributed by atoms with van der Waals surface area (Å²) < 4.78 is 7.71. The van der Waals surface area contributed by atoms with Crippen LogP contribution in [0.5, 0.6) is 5.75 Å². The molecular weight excluding hydrogens is 346 g/mol. The van der Waals surface area contributed by atoms with Gasteiger partial charge in [-0.2, -0.15) is 0 Å². The lowest BCUT2D eigenvalue weighted by atomic mass is 10.2. The molecule has 1 aromatic heterocycles. The van der Waals surface area contributed by atoms with Crippen LogP contribution >= 0.6 is 0 Å². The van der Waals surface area contributed by atoms with Crippen molar-refractivity contribution in [2.45, 2.75) is 26.4 Å². The Labute approximate surface area is 155 Å². The van der Waals surface area contributed by atoms with Crippen LogP contribution in [0.3, 0.4) is 0 Å². The van der Waals surface area contributed by atoms with E-state index in [-0.39, 0.29) is 24.1 Å². The summed E-state index contributed by atoms with van der Waals surface area (Å²) in [5.74, 6) is 0.135. The molecule has 0 aliphatic rings. The summed E-state index contributed by atoms with van der Waals surface area (Å²) in [4.78, 5) is 38.1. The van der Waals surface area contributed by atoms with Crippen molar-refractivity contribution in [3.8, 4) is 5.75 Å². The Morgan fingerprint density at radius 2 is 1.74 bits per heavy atom. The minimum Gasteiger partial charge on any atom is -0.495 e. The monoisotopic (exact) mass is 367 g/mol. The van der Waals surface area contributed by atoms with Crippen LogP contribution in [-0.4, -0.2) is 22.2 Å². The summed E-state index contributed by atoms with van der Waals surface area (Å²) in [6, 6.07) is 13.5. The topological polar surface area (TPSA) is 82.3 Å². The van der Waals surface area contributed by atoms with Crippen LogP contribution in [0.2, 0.25) is 0 Å².